The van der Waals surface area contributed by atoms with Gasteiger partial charge in [-0.1, -0.05) is 36.4 Å². The Labute approximate surface area is 215 Å². The van der Waals surface area contributed by atoms with E-state index in [1.165, 1.54) is 19.1 Å². The van der Waals surface area contributed by atoms with Gasteiger partial charge in [-0.25, -0.2) is 4.79 Å². The highest BCUT2D eigenvalue weighted by Gasteiger charge is 2.55. The van der Waals surface area contributed by atoms with Crippen LogP contribution in [0, 0.1) is 45.3 Å². The molecular formula is C28H25N5O4. The van der Waals surface area contributed by atoms with Gasteiger partial charge in [0.2, 0.25) is 0 Å². The van der Waals surface area contributed by atoms with Gasteiger partial charge in [-0.15, -0.1) is 0 Å². The molecular weight excluding hydrogens is 470 g/mol. The molecule has 4 rings (SSSR count). The standard InChI is InChI=1S/C28H25N5O4/c1-35-19-8-9-24(36-2)21(12-19)25-23-14-33(27(34)37-15-18-6-4-3-5-7-18)11-10-20(23)22(13-29)26(32)28(25,16-30)17-31/h3-10,12,23,25H,11,14-15,32H2,1-2H3/t23-,25-/m0/s1. The van der Waals surface area contributed by atoms with Crippen LogP contribution in [0.15, 0.2) is 71.5 Å². The van der Waals surface area contributed by atoms with Gasteiger partial charge in [0, 0.05) is 30.5 Å². The van der Waals surface area contributed by atoms with Crippen molar-refractivity contribution < 1.29 is 19.0 Å². The highest BCUT2D eigenvalue weighted by molar-refractivity contribution is 5.70. The van der Waals surface area contributed by atoms with Crippen molar-refractivity contribution >= 4 is 6.09 Å². The normalized spacial score (nSPS) is 19.9. The number of nitrogens with zero attached hydrogens (tertiary/aromatic N) is 4. The zero-order valence-corrected chi connectivity index (χ0v) is 20.5. The molecule has 2 aliphatic rings. The van der Waals surface area contributed by atoms with Crippen molar-refractivity contribution in [1.82, 2.24) is 4.90 Å². The van der Waals surface area contributed by atoms with Gasteiger partial charge in [0.05, 0.1) is 37.6 Å². The number of fused-ring (bicyclic) bond motifs is 1. The van der Waals surface area contributed by atoms with Crippen LogP contribution in [0.25, 0.3) is 0 Å². The number of carbonyl (C=O) groups excluding carboxylic acids is 1. The van der Waals surface area contributed by atoms with Crippen LogP contribution >= 0.6 is 0 Å². The first-order chi connectivity index (χ1) is 17.9. The summed E-state index contributed by atoms with van der Waals surface area (Å²) in [5.74, 6) is -0.549. The summed E-state index contributed by atoms with van der Waals surface area (Å²) >= 11 is 0. The first kappa shape index (κ1) is 25.2. The third kappa shape index (κ3) is 4.30. The molecule has 2 atom stereocenters. The Balaban J connectivity index is 1.80. The van der Waals surface area contributed by atoms with Gasteiger partial charge in [-0.05, 0) is 29.3 Å². The first-order valence-electron chi connectivity index (χ1n) is 11.5. The summed E-state index contributed by atoms with van der Waals surface area (Å²) in [4.78, 5) is 14.5. The number of nitrogens with two attached hydrogens (primary N) is 1. The summed E-state index contributed by atoms with van der Waals surface area (Å²) in [6.07, 6.45) is 1.19. The molecule has 0 unspecified atom stereocenters. The fourth-order valence-electron chi connectivity index (χ4n) is 5.07. The summed E-state index contributed by atoms with van der Waals surface area (Å²) in [6, 6.07) is 20.7. The molecule has 2 N–H and O–H groups in total. The van der Waals surface area contributed by atoms with Crippen LogP contribution in [0.4, 0.5) is 4.79 Å². The number of amides is 1. The molecule has 1 aliphatic carbocycles. The van der Waals surface area contributed by atoms with Crippen LogP contribution in [0.3, 0.4) is 0 Å². The van der Waals surface area contributed by atoms with Crippen LogP contribution in [0.2, 0.25) is 0 Å². The van der Waals surface area contributed by atoms with Crippen molar-refractivity contribution in [3.05, 3.63) is 82.6 Å². The lowest BCUT2D eigenvalue weighted by atomic mass is 9.58. The Morgan fingerprint density at radius 1 is 1.11 bits per heavy atom. The minimum Gasteiger partial charge on any atom is -0.497 e. The number of allylic oxidation sites excluding steroid dienone is 2. The average Bonchev–Trinajstić information content (AvgIpc) is 2.95. The lowest BCUT2D eigenvalue weighted by molar-refractivity contribution is 0.0897. The summed E-state index contributed by atoms with van der Waals surface area (Å²) in [5, 5.41) is 30.6. The zero-order valence-electron chi connectivity index (χ0n) is 20.5. The van der Waals surface area contributed by atoms with Gasteiger partial charge in [0.15, 0.2) is 5.41 Å². The fourth-order valence-corrected chi connectivity index (χ4v) is 5.07. The molecule has 9 heteroatoms. The first-order valence-corrected chi connectivity index (χ1v) is 11.5. The van der Waals surface area contributed by atoms with E-state index >= 15 is 0 Å². The Morgan fingerprint density at radius 3 is 2.46 bits per heavy atom. The lowest BCUT2D eigenvalue weighted by Crippen LogP contribution is -2.49. The van der Waals surface area contributed by atoms with Gasteiger partial charge in [0.25, 0.3) is 0 Å². The third-order valence-corrected chi connectivity index (χ3v) is 6.90. The zero-order chi connectivity index (χ0) is 26.6. The SMILES string of the molecule is COc1ccc(OC)c([C@H]2[C@H]3CN(C(=O)OCc4ccccc4)CC=C3C(C#N)=C(N)C2(C#N)C#N)c1. The highest BCUT2D eigenvalue weighted by atomic mass is 16.6. The van der Waals surface area contributed by atoms with Crippen LogP contribution in [-0.4, -0.2) is 38.3 Å². The van der Waals surface area contributed by atoms with E-state index < -0.39 is 23.3 Å². The molecule has 2 aromatic rings. The second-order valence-electron chi connectivity index (χ2n) is 8.73. The molecule has 2 aromatic carbocycles. The molecule has 0 radical (unpaired) electrons. The van der Waals surface area contributed by atoms with Crippen molar-refractivity contribution in [1.29, 1.82) is 15.8 Å². The Bertz CT molecular complexity index is 1380. The van der Waals surface area contributed by atoms with Crippen molar-refractivity contribution in [3.8, 4) is 29.7 Å². The number of benzene rings is 2. The highest BCUT2D eigenvalue weighted by Crippen LogP contribution is 2.56. The second kappa shape index (κ2) is 10.4. The maximum Gasteiger partial charge on any atom is 0.410 e. The average molecular weight is 496 g/mol. The molecule has 0 aromatic heterocycles. The van der Waals surface area contributed by atoms with Gasteiger partial charge in [-0.3, -0.25) is 0 Å². The number of nitriles is 3. The van der Waals surface area contributed by atoms with E-state index in [9.17, 15) is 20.6 Å². The van der Waals surface area contributed by atoms with Crippen LogP contribution in [0.1, 0.15) is 17.0 Å². The quantitative estimate of drug-likeness (QED) is 0.660. The number of hydrogen-bond acceptors (Lipinski definition) is 8. The van der Waals surface area contributed by atoms with Gasteiger partial charge in [-0.2, -0.15) is 15.8 Å². The maximum absolute atomic E-state index is 13.0. The number of hydrogen-bond donors (Lipinski definition) is 1. The molecule has 0 fully saturated rings. The van der Waals surface area contributed by atoms with Gasteiger partial charge >= 0.3 is 6.09 Å². The second-order valence-corrected chi connectivity index (χ2v) is 8.73. The molecule has 0 bridgehead atoms. The minimum absolute atomic E-state index is 0.0866. The Morgan fingerprint density at radius 2 is 1.84 bits per heavy atom. The van der Waals surface area contributed by atoms with E-state index in [0.717, 1.165) is 5.56 Å². The lowest BCUT2D eigenvalue weighted by Gasteiger charge is -2.45. The summed E-state index contributed by atoms with van der Waals surface area (Å²) in [7, 11) is 2.99. The number of carbonyl (C=O) groups is 1. The molecule has 37 heavy (non-hydrogen) atoms. The molecule has 186 valence electrons. The maximum atomic E-state index is 13.0. The van der Waals surface area contributed by atoms with Gasteiger partial charge in [0.1, 0.15) is 24.2 Å². The molecule has 0 saturated heterocycles. The van der Waals surface area contributed by atoms with Crippen molar-refractivity contribution in [2.24, 2.45) is 17.1 Å². The number of methoxy groups -OCH3 is 2. The summed E-state index contributed by atoms with van der Waals surface area (Å²) in [5.41, 5.74) is 6.42. The minimum atomic E-state index is -1.89. The number of rotatable bonds is 5. The van der Waals surface area contributed by atoms with Crippen LogP contribution in [-0.2, 0) is 11.3 Å². The molecule has 1 heterocycles. The molecule has 0 saturated carbocycles. The molecule has 0 spiro atoms. The van der Waals surface area contributed by atoms with Crippen LogP contribution in [0.5, 0.6) is 11.5 Å². The molecule has 1 aliphatic heterocycles. The summed E-state index contributed by atoms with van der Waals surface area (Å²) < 4.78 is 16.5. The molecule has 9 nitrogen and oxygen atoms in total. The van der Waals surface area contributed by atoms with E-state index in [4.69, 9.17) is 19.9 Å². The predicted molar refractivity (Wildman–Crippen MR) is 133 cm³/mol. The number of ether oxygens (including phenoxy) is 3. The smallest absolute Gasteiger partial charge is 0.410 e. The van der Waals surface area contributed by atoms with Crippen molar-refractivity contribution in [2.45, 2.75) is 12.5 Å². The van der Waals surface area contributed by atoms with E-state index in [1.54, 1.807) is 24.3 Å². The van der Waals surface area contributed by atoms with E-state index in [2.05, 4.69) is 18.2 Å². The summed E-state index contributed by atoms with van der Waals surface area (Å²) in [6.45, 7) is 0.390. The largest absolute Gasteiger partial charge is 0.497 e. The van der Waals surface area contributed by atoms with E-state index in [1.807, 2.05) is 30.3 Å². The Hall–Kier alpha value is -4.94. The van der Waals surface area contributed by atoms with Gasteiger partial charge < -0.3 is 24.8 Å². The van der Waals surface area contributed by atoms with E-state index in [-0.39, 0.29) is 31.0 Å². The van der Waals surface area contributed by atoms with Crippen molar-refractivity contribution in [2.75, 3.05) is 27.3 Å². The third-order valence-electron chi connectivity index (χ3n) is 6.90. The predicted octanol–water partition coefficient (Wildman–Crippen LogP) is 3.77. The fraction of sp³-hybridized carbons (Fsp3) is 0.286. The van der Waals surface area contributed by atoms with Crippen molar-refractivity contribution in [3.63, 3.8) is 0 Å². The topological polar surface area (TPSA) is 145 Å². The van der Waals surface area contributed by atoms with Crippen LogP contribution < -0.4 is 15.2 Å². The monoisotopic (exact) mass is 495 g/mol. The molecule has 1 amide bonds. The Kier molecular flexibility index (Phi) is 7.04. The van der Waals surface area contributed by atoms with E-state index in [0.29, 0.717) is 22.6 Å².